The molecular weight excluding hydrogens is 421 g/mol. The number of ether oxygens (including phenoxy) is 4. The molecule has 31 heavy (non-hydrogen) atoms. The van der Waals surface area contributed by atoms with Crippen molar-refractivity contribution in [3.05, 3.63) is 53.1 Å². The summed E-state index contributed by atoms with van der Waals surface area (Å²) in [6.45, 7) is -1.61. The Morgan fingerprint density at radius 1 is 0.839 bits per heavy atom. The highest BCUT2D eigenvalue weighted by atomic mass is 19.4. The fourth-order valence-corrected chi connectivity index (χ4v) is 2.51. The molecule has 2 aromatic carbocycles. The first kappa shape index (κ1) is 23.8. The average molecular weight is 442 g/mol. The predicted molar refractivity (Wildman–Crippen MR) is 103 cm³/mol. The van der Waals surface area contributed by atoms with Crippen molar-refractivity contribution in [2.45, 2.75) is 12.8 Å². The number of rotatable bonds is 8. The third kappa shape index (κ3) is 6.78. The van der Waals surface area contributed by atoms with Crippen molar-refractivity contribution in [2.24, 2.45) is 0 Å². The summed E-state index contributed by atoms with van der Waals surface area (Å²) in [6, 6.07) is 8.52. The third-order valence-corrected chi connectivity index (χ3v) is 3.97. The van der Waals surface area contributed by atoms with Crippen molar-refractivity contribution in [2.75, 3.05) is 27.9 Å². The van der Waals surface area contributed by atoms with Gasteiger partial charge in [-0.05, 0) is 29.8 Å². The van der Waals surface area contributed by atoms with Gasteiger partial charge in [-0.15, -0.1) is 0 Å². The van der Waals surface area contributed by atoms with Crippen LogP contribution < -0.4 is 25.1 Å². The largest absolute Gasteiger partial charge is 0.493 e. The fourth-order valence-electron chi connectivity index (χ4n) is 2.51. The minimum Gasteiger partial charge on any atom is -0.493 e. The summed E-state index contributed by atoms with van der Waals surface area (Å²) in [5.41, 5.74) is 5.31. The van der Waals surface area contributed by atoms with Crippen LogP contribution in [-0.2, 0) is 11.3 Å². The Morgan fingerprint density at radius 3 is 1.81 bits per heavy atom. The van der Waals surface area contributed by atoms with Crippen LogP contribution in [0, 0.1) is 0 Å². The molecule has 11 heteroatoms. The van der Waals surface area contributed by atoms with Gasteiger partial charge >= 0.3 is 6.18 Å². The molecule has 0 heterocycles. The number of benzene rings is 2. The van der Waals surface area contributed by atoms with E-state index in [1.807, 2.05) is 0 Å². The van der Waals surface area contributed by atoms with Gasteiger partial charge in [0.25, 0.3) is 11.8 Å². The highest BCUT2D eigenvalue weighted by molar-refractivity contribution is 5.99. The van der Waals surface area contributed by atoms with Crippen LogP contribution in [0.2, 0.25) is 0 Å². The zero-order valence-electron chi connectivity index (χ0n) is 17.0. The molecule has 8 nitrogen and oxygen atoms in total. The quantitative estimate of drug-likeness (QED) is 0.611. The van der Waals surface area contributed by atoms with E-state index in [1.54, 1.807) is 0 Å². The van der Waals surface area contributed by atoms with E-state index in [-0.39, 0.29) is 29.2 Å². The average Bonchev–Trinajstić information content (AvgIpc) is 2.75. The summed E-state index contributed by atoms with van der Waals surface area (Å²) in [4.78, 5) is 24.6. The molecule has 0 unspecified atom stereocenters. The second kappa shape index (κ2) is 10.5. The molecule has 0 saturated heterocycles. The summed E-state index contributed by atoms with van der Waals surface area (Å²) < 4.78 is 56.4. The lowest BCUT2D eigenvalue weighted by atomic mass is 10.1. The molecule has 0 aromatic heterocycles. The number of hydrogen-bond donors (Lipinski definition) is 2. The third-order valence-electron chi connectivity index (χ3n) is 3.97. The van der Waals surface area contributed by atoms with Crippen LogP contribution in [0.4, 0.5) is 13.2 Å². The van der Waals surface area contributed by atoms with Crippen LogP contribution >= 0.6 is 0 Å². The number of halogens is 3. The number of carbonyl (C=O) groups is 2. The van der Waals surface area contributed by atoms with Gasteiger partial charge in [-0.1, -0.05) is 12.1 Å². The van der Waals surface area contributed by atoms with E-state index in [2.05, 4.69) is 15.6 Å². The van der Waals surface area contributed by atoms with Gasteiger partial charge < -0.3 is 18.9 Å². The second-order valence-corrected chi connectivity index (χ2v) is 6.13. The first-order chi connectivity index (χ1) is 14.7. The second-order valence-electron chi connectivity index (χ2n) is 6.13. The van der Waals surface area contributed by atoms with Gasteiger partial charge in [0, 0.05) is 11.1 Å². The van der Waals surface area contributed by atoms with E-state index in [0.29, 0.717) is 11.3 Å². The van der Waals surface area contributed by atoms with E-state index < -0.39 is 24.6 Å². The Balaban J connectivity index is 1.97. The SMILES string of the molecule is COc1cc(C(=O)NNC(=O)c2ccc(COCC(F)(F)F)cc2)cc(OC)c1OC. The number of nitrogens with one attached hydrogen (secondary N) is 2. The number of alkyl halides is 3. The van der Waals surface area contributed by atoms with Gasteiger partial charge in [0.2, 0.25) is 5.75 Å². The highest BCUT2D eigenvalue weighted by Gasteiger charge is 2.27. The fraction of sp³-hybridized carbons (Fsp3) is 0.300. The molecule has 0 saturated carbocycles. The molecule has 2 rings (SSSR count). The predicted octanol–water partition coefficient (Wildman–Crippen LogP) is 2.87. The van der Waals surface area contributed by atoms with Crippen molar-refractivity contribution < 1.29 is 41.7 Å². The van der Waals surface area contributed by atoms with Crippen molar-refractivity contribution in [1.82, 2.24) is 10.9 Å². The maximum Gasteiger partial charge on any atom is 0.411 e. The van der Waals surface area contributed by atoms with Crippen LogP contribution in [0.1, 0.15) is 26.3 Å². The summed E-state index contributed by atoms with van der Waals surface area (Å²) in [7, 11) is 4.23. The molecule has 0 aliphatic carbocycles. The Bertz CT molecular complexity index is 891. The van der Waals surface area contributed by atoms with Gasteiger partial charge in [-0.2, -0.15) is 13.2 Å². The van der Waals surface area contributed by atoms with E-state index in [1.165, 1.54) is 57.7 Å². The van der Waals surface area contributed by atoms with Crippen LogP contribution in [-0.4, -0.2) is 45.9 Å². The molecule has 0 atom stereocenters. The van der Waals surface area contributed by atoms with E-state index in [0.717, 1.165) is 0 Å². The van der Waals surface area contributed by atoms with Crippen molar-refractivity contribution in [1.29, 1.82) is 0 Å². The first-order valence-electron chi connectivity index (χ1n) is 8.82. The van der Waals surface area contributed by atoms with Crippen LogP contribution in [0.3, 0.4) is 0 Å². The van der Waals surface area contributed by atoms with E-state index in [9.17, 15) is 22.8 Å². The molecule has 0 aliphatic heterocycles. The van der Waals surface area contributed by atoms with Gasteiger partial charge in [0.1, 0.15) is 6.61 Å². The van der Waals surface area contributed by atoms with E-state index >= 15 is 0 Å². The summed E-state index contributed by atoms with van der Waals surface area (Å²) in [5, 5.41) is 0. The molecule has 168 valence electrons. The molecule has 2 aromatic rings. The topological polar surface area (TPSA) is 95.1 Å². The number of amides is 2. The van der Waals surface area contributed by atoms with Gasteiger partial charge in [-0.25, -0.2) is 0 Å². The van der Waals surface area contributed by atoms with Gasteiger partial charge in [-0.3, -0.25) is 20.4 Å². The first-order valence-corrected chi connectivity index (χ1v) is 8.82. The Labute approximate surface area is 176 Å². The number of hydrogen-bond acceptors (Lipinski definition) is 6. The van der Waals surface area contributed by atoms with Crippen LogP contribution in [0.5, 0.6) is 17.2 Å². The Kier molecular flexibility index (Phi) is 8.08. The Hall–Kier alpha value is -3.47. The molecule has 2 amide bonds. The zero-order valence-corrected chi connectivity index (χ0v) is 17.0. The number of carbonyl (C=O) groups excluding carboxylic acids is 2. The maximum atomic E-state index is 12.4. The van der Waals surface area contributed by atoms with Gasteiger partial charge in [0.05, 0.1) is 27.9 Å². The molecule has 0 aliphatic rings. The molecule has 0 spiro atoms. The van der Waals surface area contributed by atoms with Gasteiger partial charge in [0.15, 0.2) is 11.5 Å². The summed E-state index contributed by atoms with van der Waals surface area (Å²) in [6.07, 6.45) is -4.41. The number of hydrazine groups is 1. The van der Waals surface area contributed by atoms with Crippen LogP contribution in [0.15, 0.2) is 36.4 Å². The lowest BCUT2D eigenvalue weighted by Gasteiger charge is -2.14. The smallest absolute Gasteiger partial charge is 0.411 e. The van der Waals surface area contributed by atoms with E-state index in [4.69, 9.17) is 14.2 Å². The molecular formula is C20H21F3N2O6. The molecule has 0 fully saturated rings. The summed E-state index contributed by atoms with van der Waals surface area (Å²) >= 11 is 0. The monoisotopic (exact) mass is 442 g/mol. The molecule has 0 bridgehead atoms. The minimum atomic E-state index is -4.41. The van der Waals surface area contributed by atoms with Crippen molar-refractivity contribution in [3.63, 3.8) is 0 Å². The summed E-state index contributed by atoms with van der Waals surface area (Å²) in [5.74, 6) is -0.415. The highest BCUT2D eigenvalue weighted by Crippen LogP contribution is 2.38. The standard InChI is InChI=1S/C20H21F3N2O6/c1-28-15-8-14(9-16(29-2)17(15)30-3)19(27)25-24-18(26)13-6-4-12(5-7-13)10-31-11-20(21,22)23/h4-9H,10-11H2,1-3H3,(H,24,26)(H,25,27). The maximum absolute atomic E-state index is 12.4. The molecule has 0 radical (unpaired) electrons. The van der Waals surface area contributed by atoms with Crippen molar-refractivity contribution in [3.8, 4) is 17.2 Å². The van der Waals surface area contributed by atoms with Crippen LogP contribution in [0.25, 0.3) is 0 Å². The normalized spacial score (nSPS) is 10.9. The molecule has 2 N–H and O–H groups in total. The number of methoxy groups -OCH3 is 3. The zero-order chi connectivity index (χ0) is 23.0. The lowest BCUT2D eigenvalue weighted by Crippen LogP contribution is -2.41. The minimum absolute atomic E-state index is 0.145. The Morgan fingerprint density at radius 2 is 1.35 bits per heavy atom. The van der Waals surface area contributed by atoms with Crippen molar-refractivity contribution >= 4 is 11.8 Å². The lowest BCUT2D eigenvalue weighted by molar-refractivity contribution is -0.176.